The highest BCUT2D eigenvalue weighted by Crippen LogP contribution is 2.29. The van der Waals surface area contributed by atoms with Gasteiger partial charge in [-0.2, -0.15) is 0 Å². The van der Waals surface area contributed by atoms with Crippen LogP contribution in [0.25, 0.3) is 6.08 Å². The van der Waals surface area contributed by atoms with Crippen molar-refractivity contribution >= 4 is 12.0 Å². The maximum absolute atomic E-state index is 12.3. The van der Waals surface area contributed by atoms with Crippen LogP contribution >= 0.6 is 0 Å². The summed E-state index contributed by atoms with van der Waals surface area (Å²) in [5, 5.41) is 39.3. The third-order valence-corrected chi connectivity index (χ3v) is 3.77. The number of aromatic hydroxyl groups is 2. The zero-order chi connectivity index (χ0) is 17.7. The first-order chi connectivity index (χ1) is 11.4. The Morgan fingerprint density at radius 2 is 1.92 bits per heavy atom. The Morgan fingerprint density at radius 3 is 2.67 bits per heavy atom. The van der Waals surface area contributed by atoms with Crippen LogP contribution in [0.2, 0.25) is 0 Å². The topological polar surface area (TPSA) is 107 Å². The van der Waals surface area contributed by atoms with Gasteiger partial charge in [0, 0.05) is 12.5 Å². The second-order valence-electron chi connectivity index (χ2n) is 5.85. The highest BCUT2D eigenvalue weighted by atomic mass is 16.5. The van der Waals surface area contributed by atoms with Crippen LogP contribution in [0, 0.1) is 0 Å². The van der Waals surface area contributed by atoms with Crippen molar-refractivity contribution in [2.75, 3.05) is 0 Å². The maximum Gasteiger partial charge on any atom is 0.342 e. The first kappa shape index (κ1) is 18.0. The summed E-state index contributed by atoms with van der Waals surface area (Å²) in [5.41, 5.74) is 0.310. The number of ether oxygens (including phenoxy) is 1. The Kier molecular flexibility index (Phi) is 6.00. The van der Waals surface area contributed by atoms with Gasteiger partial charge < -0.3 is 25.2 Å². The molecule has 0 bridgehead atoms. The van der Waals surface area contributed by atoms with Crippen molar-refractivity contribution in [2.45, 2.75) is 44.5 Å². The molecule has 0 unspecified atom stereocenters. The molecule has 4 N–H and O–H groups in total. The summed E-state index contributed by atoms with van der Waals surface area (Å²) in [5.74, 6) is -1.22. The third kappa shape index (κ3) is 4.59. The Morgan fingerprint density at radius 1 is 1.17 bits per heavy atom. The number of cyclic esters (lactones) is 1. The van der Waals surface area contributed by atoms with E-state index >= 15 is 0 Å². The molecule has 0 amide bonds. The van der Waals surface area contributed by atoms with Crippen LogP contribution in [-0.4, -0.2) is 44.7 Å². The van der Waals surface area contributed by atoms with Gasteiger partial charge in [0.25, 0.3) is 0 Å². The number of rotatable bonds is 0. The van der Waals surface area contributed by atoms with Gasteiger partial charge in [0.1, 0.15) is 23.2 Å². The predicted octanol–water partition coefficient (Wildman–Crippen LogP) is 2.12. The average Bonchev–Trinajstić information content (AvgIpc) is 2.49. The average molecular weight is 334 g/mol. The molecule has 6 nitrogen and oxygen atoms in total. The molecule has 1 aromatic carbocycles. The number of carbonyl (C=O) groups excluding carboxylic acids is 1. The number of benzene rings is 1. The predicted molar refractivity (Wildman–Crippen MR) is 88.7 cm³/mol. The lowest BCUT2D eigenvalue weighted by atomic mass is 10.0. The molecule has 1 aromatic rings. The van der Waals surface area contributed by atoms with Gasteiger partial charge in [-0.25, -0.2) is 4.79 Å². The first-order valence-corrected chi connectivity index (χ1v) is 7.84. The molecule has 0 saturated carbocycles. The minimum Gasteiger partial charge on any atom is -0.508 e. The SMILES string of the molecule is C[C@H]1C/C=C/[C@H](O)[C@@H](O)CC/C=C/c2cc(O)cc(O)c2C(=O)O1. The lowest BCUT2D eigenvalue weighted by Gasteiger charge is -2.16. The molecule has 1 heterocycles. The van der Waals surface area contributed by atoms with Crippen molar-refractivity contribution in [1.82, 2.24) is 0 Å². The molecule has 1 aliphatic heterocycles. The van der Waals surface area contributed by atoms with Crippen molar-refractivity contribution in [2.24, 2.45) is 0 Å². The van der Waals surface area contributed by atoms with E-state index in [-0.39, 0.29) is 17.1 Å². The van der Waals surface area contributed by atoms with E-state index in [1.165, 1.54) is 12.1 Å². The van der Waals surface area contributed by atoms with Gasteiger partial charge in [0.2, 0.25) is 0 Å². The van der Waals surface area contributed by atoms with E-state index in [0.717, 1.165) is 6.07 Å². The van der Waals surface area contributed by atoms with Crippen molar-refractivity contribution in [3.63, 3.8) is 0 Å². The van der Waals surface area contributed by atoms with Gasteiger partial charge in [-0.15, -0.1) is 0 Å². The molecular formula is C18H22O6. The summed E-state index contributed by atoms with van der Waals surface area (Å²) in [7, 11) is 0. The van der Waals surface area contributed by atoms with Crippen LogP contribution in [0.5, 0.6) is 11.5 Å². The fourth-order valence-corrected chi connectivity index (χ4v) is 2.46. The lowest BCUT2D eigenvalue weighted by molar-refractivity contribution is 0.0337. The van der Waals surface area contributed by atoms with E-state index in [1.54, 1.807) is 25.2 Å². The first-order valence-electron chi connectivity index (χ1n) is 7.84. The number of hydrogen-bond donors (Lipinski definition) is 4. The van der Waals surface area contributed by atoms with E-state index in [2.05, 4.69) is 0 Å². The molecule has 0 radical (unpaired) electrons. The molecule has 0 aliphatic carbocycles. The van der Waals surface area contributed by atoms with Crippen molar-refractivity contribution in [3.05, 3.63) is 41.5 Å². The molecule has 0 saturated heterocycles. The van der Waals surface area contributed by atoms with Crippen molar-refractivity contribution < 1.29 is 30.0 Å². The minimum absolute atomic E-state index is 0.0162. The maximum atomic E-state index is 12.3. The molecule has 24 heavy (non-hydrogen) atoms. The molecule has 0 spiro atoms. The summed E-state index contributed by atoms with van der Waals surface area (Å²) in [4.78, 5) is 12.3. The minimum atomic E-state index is -0.982. The summed E-state index contributed by atoms with van der Waals surface area (Å²) in [6.07, 6.45) is 5.18. The number of hydrogen-bond acceptors (Lipinski definition) is 6. The normalized spacial score (nSPS) is 28.3. The smallest absolute Gasteiger partial charge is 0.342 e. The molecule has 1 aliphatic rings. The number of aliphatic hydroxyl groups is 2. The molecule has 3 atom stereocenters. The van der Waals surface area contributed by atoms with Crippen LogP contribution in [0.1, 0.15) is 42.1 Å². The second-order valence-corrected chi connectivity index (χ2v) is 5.85. The van der Waals surface area contributed by atoms with Gasteiger partial charge in [0.05, 0.1) is 12.2 Å². The second kappa shape index (κ2) is 7.99. The third-order valence-electron chi connectivity index (χ3n) is 3.77. The van der Waals surface area contributed by atoms with Crippen LogP contribution in [0.3, 0.4) is 0 Å². The molecule has 0 fully saturated rings. The van der Waals surface area contributed by atoms with Gasteiger partial charge in [0.15, 0.2) is 0 Å². The van der Waals surface area contributed by atoms with Gasteiger partial charge in [-0.05, 0) is 31.4 Å². The van der Waals surface area contributed by atoms with Crippen LogP contribution < -0.4 is 0 Å². The Balaban J connectivity index is 2.36. The summed E-state index contributed by atoms with van der Waals surface area (Å²) in [6.45, 7) is 1.68. The number of allylic oxidation sites excluding steroid dienone is 1. The van der Waals surface area contributed by atoms with E-state index < -0.39 is 24.3 Å². The molecule has 0 aromatic heterocycles. The van der Waals surface area contributed by atoms with E-state index in [1.807, 2.05) is 0 Å². The quantitative estimate of drug-likeness (QED) is 0.428. The zero-order valence-electron chi connectivity index (χ0n) is 13.4. The standard InChI is InChI=1S/C18H22O6/c1-11-5-4-8-15(21)14(20)7-3-2-6-12-9-13(19)10-16(22)17(12)18(23)24-11/h2,4,6,8-11,14-15,19-22H,3,5,7H2,1H3/b6-2+,8-4+/t11-,14-,15-/m0/s1. The largest absolute Gasteiger partial charge is 0.508 e. The number of esters is 1. The van der Waals surface area contributed by atoms with E-state index in [9.17, 15) is 25.2 Å². The number of phenolic OH excluding ortho intramolecular Hbond substituents is 2. The molecular weight excluding hydrogens is 312 g/mol. The van der Waals surface area contributed by atoms with Crippen molar-refractivity contribution in [3.8, 4) is 11.5 Å². The fraction of sp³-hybridized carbons (Fsp3) is 0.389. The summed E-state index contributed by atoms with van der Waals surface area (Å²) in [6, 6.07) is 2.44. The van der Waals surface area contributed by atoms with Crippen LogP contribution in [0.15, 0.2) is 30.4 Å². The monoisotopic (exact) mass is 334 g/mol. The van der Waals surface area contributed by atoms with Gasteiger partial charge in [-0.3, -0.25) is 0 Å². The van der Waals surface area contributed by atoms with E-state index in [0.29, 0.717) is 24.8 Å². The Bertz CT molecular complexity index is 649. The molecule has 6 heteroatoms. The van der Waals surface area contributed by atoms with Gasteiger partial charge >= 0.3 is 5.97 Å². The fourth-order valence-electron chi connectivity index (χ4n) is 2.46. The lowest BCUT2D eigenvalue weighted by Crippen LogP contribution is -2.23. The zero-order valence-corrected chi connectivity index (χ0v) is 13.4. The highest BCUT2D eigenvalue weighted by molar-refractivity contribution is 5.97. The summed E-state index contributed by atoms with van der Waals surface area (Å²) >= 11 is 0. The van der Waals surface area contributed by atoms with Crippen molar-refractivity contribution in [1.29, 1.82) is 0 Å². The molecule has 130 valence electrons. The van der Waals surface area contributed by atoms with Crippen LogP contribution in [0.4, 0.5) is 0 Å². The Hall–Kier alpha value is -2.31. The van der Waals surface area contributed by atoms with Gasteiger partial charge in [-0.1, -0.05) is 24.3 Å². The highest BCUT2D eigenvalue weighted by Gasteiger charge is 2.20. The number of aliphatic hydroxyl groups excluding tert-OH is 2. The summed E-state index contributed by atoms with van der Waals surface area (Å²) < 4.78 is 5.29. The number of carbonyl (C=O) groups is 1. The Labute approximate surface area is 140 Å². The number of phenols is 2. The number of fused-ring (bicyclic) bond motifs is 1. The molecule has 2 rings (SSSR count). The van der Waals surface area contributed by atoms with E-state index in [4.69, 9.17) is 4.74 Å². The van der Waals surface area contributed by atoms with Crippen LogP contribution in [-0.2, 0) is 4.74 Å².